The second-order valence-corrected chi connectivity index (χ2v) is 8.50. The summed E-state index contributed by atoms with van der Waals surface area (Å²) in [5.74, 6) is 0.718. The minimum atomic E-state index is -0.0000109. The summed E-state index contributed by atoms with van der Waals surface area (Å²) in [4.78, 5) is 20.5. The predicted molar refractivity (Wildman–Crippen MR) is 116 cm³/mol. The highest BCUT2D eigenvalue weighted by molar-refractivity contribution is 5.84. The molecule has 2 rings (SSSR count). The SMILES string of the molecule is CC(C)OCCN1CCC(NC(=NCC(=O)N(C)C)NCC2CCCCO2)CC1. The second-order valence-electron chi connectivity index (χ2n) is 8.50. The Balaban J connectivity index is 1.79. The number of likely N-dealkylation sites (N-methyl/N-ethyl adjacent to an activating group) is 1. The second kappa shape index (κ2) is 13.0. The number of guanidine groups is 1. The Morgan fingerprint density at radius 2 is 2.00 bits per heavy atom. The lowest BCUT2D eigenvalue weighted by Crippen LogP contribution is -2.50. The zero-order valence-electron chi connectivity index (χ0n) is 18.8. The van der Waals surface area contributed by atoms with Crippen LogP contribution in [0.3, 0.4) is 0 Å². The van der Waals surface area contributed by atoms with Crippen LogP contribution in [-0.4, -0.2) is 99.9 Å². The number of hydrogen-bond acceptors (Lipinski definition) is 5. The summed E-state index contributed by atoms with van der Waals surface area (Å²) in [6.07, 6.45) is 6.07. The number of nitrogens with one attached hydrogen (secondary N) is 2. The van der Waals surface area contributed by atoms with Gasteiger partial charge in [-0.25, -0.2) is 4.99 Å². The molecule has 0 saturated carbocycles. The van der Waals surface area contributed by atoms with Crippen LogP contribution in [0.15, 0.2) is 4.99 Å². The highest BCUT2D eigenvalue weighted by atomic mass is 16.5. The number of likely N-dealkylation sites (tertiary alicyclic amines) is 1. The van der Waals surface area contributed by atoms with Gasteiger partial charge >= 0.3 is 0 Å². The quantitative estimate of drug-likeness (QED) is 0.437. The fraction of sp³-hybridized carbons (Fsp3) is 0.905. The Hall–Kier alpha value is -1.38. The minimum Gasteiger partial charge on any atom is -0.377 e. The predicted octanol–water partition coefficient (Wildman–Crippen LogP) is 1.07. The van der Waals surface area contributed by atoms with Gasteiger partial charge in [-0.3, -0.25) is 4.79 Å². The van der Waals surface area contributed by atoms with Crippen molar-refractivity contribution in [2.45, 2.75) is 64.2 Å². The molecule has 2 aliphatic heterocycles. The monoisotopic (exact) mass is 411 g/mol. The summed E-state index contributed by atoms with van der Waals surface area (Å²) in [6.45, 7) is 9.74. The molecule has 8 nitrogen and oxygen atoms in total. The van der Waals surface area contributed by atoms with Crippen molar-refractivity contribution in [3.63, 3.8) is 0 Å². The fourth-order valence-electron chi connectivity index (χ4n) is 3.53. The summed E-state index contributed by atoms with van der Waals surface area (Å²) in [6, 6.07) is 0.366. The highest BCUT2D eigenvalue weighted by Gasteiger charge is 2.21. The zero-order valence-corrected chi connectivity index (χ0v) is 18.8. The molecule has 2 saturated heterocycles. The number of hydrogen-bond donors (Lipinski definition) is 2. The van der Waals surface area contributed by atoms with Crippen LogP contribution in [0.1, 0.15) is 46.0 Å². The molecule has 1 amide bonds. The molecule has 2 aliphatic rings. The average Bonchev–Trinajstić information content (AvgIpc) is 2.71. The van der Waals surface area contributed by atoms with Gasteiger partial charge in [0.2, 0.25) is 5.91 Å². The van der Waals surface area contributed by atoms with E-state index in [0.29, 0.717) is 6.04 Å². The Bertz CT molecular complexity index is 499. The number of nitrogens with zero attached hydrogens (tertiary/aromatic N) is 3. The number of aliphatic imine (C=N–C) groups is 1. The topological polar surface area (TPSA) is 78.4 Å². The number of rotatable bonds is 9. The van der Waals surface area contributed by atoms with Gasteiger partial charge in [0.15, 0.2) is 5.96 Å². The molecule has 0 radical (unpaired) electrons. The van der Waals surface area contributed by atoms with Crippen LogP contribution in [0.4, 0.5) is 0 Å². The van der Waals surface area contributed by atoms with Gasteiger partial charge < -0.3 is 29.9 Å². The summed E-state index contributed by atoms with van der Waals surface area (Å²) < 4.78 is 11.5. The van der Waals surface area contributed by atoms with Gasteiger partial charge in [0.25, 0.3) is 0 Å². The summed E-state index contributed by atoms with van der Waals surface area (Å²) >= 11 is 0. The normalized spacial score (nSPS) is 22.0. The van der Waals surface area contributed by atoms with Gasteiger partial charge in [-0.15, -0.1) is 0 Å². The first-order valence-electron chi connectivity index (χ1n) is 11.1. The van der Waals surface area contributed by atoms with Crippen molar-refractivity contribution in [2.24, 2.45) is 4.99 Å². The van der Waals surface area contributed by atoms with Gasteiger partial charge in [0.05, 0.1) is 18.8 Å². The molecule has 8 heteroatoms. The first-order chi connectivity index (χ1) is 13.9. The van der Waals surface area contributed by atoms with Crippen molar-refractivity contribution < 1.29 is 14.3 Å². The van der Waals surface area contributed by atoms with Crippen LogP contribution < -0.4 is 10.6 Å². The third kappa shape index (κ3) is 9.78. The van der Waals surface area contributed by atoms with Gasteiger partial charge in [-0.2, -0.15) is 0 Å². The third-order valence-corrected chi connectivity index (χ3v) is 5.43. The van der Waals surface area contributed by atoms with Crippen LogP contribution >= 0.6 is 0 Å². The molecule has 0 spiro atoms. The van der Waals surface area contributed by atoms with Crippen LogP contribution in [0, 0.1) is 0 Å². The van der Waals surface area contributed by atoms with Gasteiger partial charge in [0, 0.05) is 52.9 Å². The van der Waals surface area contributed by atoms with E-state index in [1.165, 1.54) is 6.42 Å². The molecule has 2 heterocycles. The van der Waals surface area contributed by atoms with E-state index in [1.807, 2.05) is 0 Å². The van der Waals surface area contributed by atoms with Crippen molar-refractivity contribution in [1.82, 2.24) is 20.4 Å². The maximum atomic E-state index is 12.0. The number of amides is 1. The van der Waals surface area contributed by atoms with Gasteiger partial charge in [-0.05, 0) is 46.0 Å². The molecule has 168 valence electrons. The number of piperidine rings is 1. The van der Waals surface area contributed by atoms with E-state index in [2.05, 4.69) is 34.4 Å². The van der Waals surface area contributed by atoms with E-state index in [9.17, 15) is 4.79 Å². The van der Waals surface area contributed by atoms with E-state index >= 15 is 0 Å². The molecular formula is C21H41N5O3. The van der Waals surface area contributed by atoms with Crippen LogP contribution in [0.2, 0.25) is 0 Å². The molecule has 0 aromatic rings. The van der Waals surface area contributed by atoms with Gasteiger partial charge in [-0.1, -0.05) is 0 Å². The van der Waals surface area contributed by atoms with Crippen molar-refractivity contribution >= 4 is 11.9 Å². The van der Waals surface area contributed by atoms with E-state index < -0.39 is 0 Å². The lowest BCUT2D eigenvalue weighted by molar-refractivity contribution is -0.127. The van der Waals surface area contributed by atoms with E-state index in [4.69, 9.17) is 9.47 Å². The van der Waals surface area contributed by atoms with Crippen LogP contribution in [0.25, 0.3) is 0 Å². The highest BCUT2D eigenvalue weighted by Crippen LogP contribution is 2.12. The Labute approximate surface area is 176 Å². The molecule has 29 heavy (non-hydrogen) atoms. The summed E-state index contributed by atoms with van der Waals surface area (Å²) in [5, 5.41) is 6.94. The lowest BCUT2D eigenvalue weighted by Gasteiger charge is -2.33. The maximum Gasteiger partial charge on any atom is 0.243 e. The molecule has 2 N–H and O–H groups in total. The lowest BCUT2D eigenvalue weighted by atomic mass is 10.1. The molecular weight excluding hydrogens is 370 g/mol. The molecule has 0 bridgehead atoms. The van der Waals surface area contributed by atoms with Crippen molar-refractivity contribution in [3.8, 4) is 0 Å². The van der Waals surface area contributed by atoms with Gasteiger partial charge in [0.1, 0.15) is 6.54 Å². The van der Waals surface area contributed by atoms with Crippen LogP contribution in [-0.2, 0) is 14.3 Å². The molecule has 1 unspecified atom stereocenters. The molecule has 2 fully saturated rings. The standard InChI is InChI=1S/C21H41N5O3/c1-17(2)28-14-12-26-10-8-18(9-11-26)24-21(23-16-20(27)25(3)4)22-15-19-7-5-6-13-29-19/h17-19H,5-16H2,1-4H3,(H2,22,23,24). The van der Waals surface area contributed by atoms with E-state index in [-0.39, 0.29) is 24.7 Å². The molecule has 1 atom stereocenters. The average molecular weight is 412 g/mol. The maximum absolute atomic E-state index is 12.0. The Morgan fingerprint density at radius 3 is 2.62 bits per heavy atom. The minimum absolute atomic E-state index is 0.0000109. The zero-order chi connectivity index (χ0) is 21.1. The number of ether oxygens (including phenoxy) is 2. The first-order valence-corrected chi connectivity index (χ1v) is 11.1. The fourth-order valence-corrected chi connectivity index (χ4v) is 3.53. The van der Waals surface area contributed by atoms with Crippen molar-refractivity contribution in [2.75, 3.05) is 60.0 Å². The molecule has 0 aromatic heterocycles. The Morgan fingerprint density at radius 1 is 1.24 bits per heavy atom. The number of carbonyl (C=O) groups is 1. The largest absolute Gasteiger partial charge is 0.377 e. The van der Waals surface area contributed by atoms with Crippen molar-refractivity contribution in [1.29, 1.82) is 0 Å². The van der Waals surface area contributed by atoms with Crippen LogP contribution in [0.5, 0.6) is 0 Å². The third-order valence-electron chi connectivity index (χ3n) is 5.43. The summed E-state index contributed by atoms with van der Waals surface area (Å²) in [7, 11) is 3.51. The van der Waals surface area contributed by atoms with Crippen molar-refractivity contribution in [3.05, 3.63) is 0 Å². The van der Waals surface area contributed by atoms with E-state index in [0.717, 1.165) is 71.0 Å². The Kier molecular flexibility index (Phi) is 10.7. The summed E-state index contributed by atoms with van der Waals surface area (Å²) in [5.41, 5.74) is 0. The molecule has 0 aliphatic carbocycles. The first kappa shape index (κ1) is 23.9. The smallest absolute Gasteiger partial charge is 0.243 e. The molecule has 0 aromatic carbocycles. The number of carbonyl (C=O) groups excluding carboxylic acids is 1. The van der Waals surface area contributed by atoms with E-state index in [1.54, 1.807) is 19.0 Å².